The Morgan fingerprint density at radius 2 is 2.25 bits per heavy atom. The van der Waals surface area contributed by atoms with Crippen molar-refractivity contribution in [3.8, 4) is 0 Å². The molecule has 0 aliphatic carbocycles. The van der Waals surface area contributed by atoms with Crippen LogP contribution in [0, 0.1) is 5.92 Å². The fourth-order valence-electron chi connectivity index (χ4n) is 2.31. The van der Waals surface area contributed by atoms with Crippen molar-refractivity contribution in [1.29, 1.82) is 0 Å². The van der Waals surface area contributed by atoms with Gasteiger partial charge in [0.25, 0.3) is 0 Å². The summed E-state index contributed by atoms with van der Waals surface area (Å²) in [5, 5.41) is 11.5. The largest absolute Gasteiger partial charge is 0.317 e. The Morgan fingerprint density at radius 3 is 2.88 bits per heavy atom. The molecule has 16 heavy (non-hydrogen) atoms. The van der Waals surface area contributed by atoms with Crippen molar-refractivity contribution >= 4 is 0 Å². The van der Waals surface area contributed by atoms with Crippen LogP contribution < -0.4 is 5.32 Å². The van der Waals surface area contributed by atoms with E-state index in [4.69, 9.17) is 0 Å². The van der Waals surface area contributed by atoms with E-state index < -0.39 is 0 Å². The molecule has 1 fully saturated rings. The standard InChI is InChI=1S/C11H21N5/c1-15(7-10-3-5-12-6-4-10)8-11-9-16(2)14-13-11/h9-10,12H,3-8H2,1-2H3. The van der Waals surface area contributed by atoms with E-state index in [1.807, 2.05) is 13.2 Å². The molecular weight excluding hydrogens is 202 g/mol. The summed E-state index contributed by atoms with van der Waals surface area (Å²) >= 11 is 0. The molecule has 2 heterocycles. The fourth-order valence-corrected chi connectivity index (χ4v) is 2.31. The van der Waals surface area contributed by atoms with Gasteiger partial charge >= 0.3 is 0 Å². The molecule has 0 unspecified atom stereocenters. The maximum absolute atomic E-state index is 4.11. The number of hydrogen-bond donors (Lipinski definition) is 1. The normalized spacial score (nSPS) is 18.2. The Bertz CT molecular complexity index is 316. The van der Waals surface area contributed by atoms with Crippen LogP contribution in [0.1, 0.15) is 18.5 Å². The van der Waals surface area contributed by atoms with Crippen LogP contribution in [0.15, 0.2) is 6.20 Å². The summed E-state index contributed by atoms with van der Waals surface area (Å²) in [5.74, 6) is 0.836. The first-order chi connectivity index (χ1) is 7.74. The zero-order chi connectivity index (χ0) is 11.4. The highest BCUT2D eigenvalue weighted by Gasteiger charge is 2.15. The number of rotatable bonds is 4. The molecule has 1 aliphatic rings. The molecule has 1 saturated heterocycles. The number of hydrogen-bond acceptors (Lipinski definition) is 4. The first-order valence-electron chi connectivity index (χ1n) is 5.98. The molecule has 5 heteroatoms. The number of aryl methyl sites for hydroxylation is 1. The molecule has 1 aromatic heterocycles. The summed E-state index contributed by atoms with van der Waals surface area (Å²) in [7, 11) is 4.07. The minimum Gasteiger partial charge on any atom is -0.317 e. The highest BCUT2D eigenvalue weighted by atomic mass is 15.4. The predicted octanol–water partition coefficient (Wildman–Crippen LogP) is 0.246. The Morgan fingerprint density at radius 1 is 1.50 bits per heavy atom. The van der Waals surface area contributed by atoms with Crippen molar-refractivity contribution in [3.05, 3.63) is 11.9 Å². The third-order valence-electron chi connectivity index (χ3n) is 3.11. The Balaban J connectivity index is 1.77. The van der Waals surface area contributed by atoms with Crippen LogP contribution in [0.4, 0.5) is 0 Å². The minimum atomic E-state index is 0.836. The van der Waals surface area contributed by atoms with Gasteiger partial charge in [0.2, 0.25) is 0 Å². The molecule has 0 spiro atoms. The SMILES string of the molecule is CN(Cc1cn(C)nn1)CC1CCNCC1. The molecule has 2 rings (SSSR count). The lowest BCUT2D eigenvalue weighted by molar-refractivity contribution is 0.232. The summed E-state index contributed by atoms with van der Waals surface area (Å²) < 4.78 is 1.76. The molecule has 1 aromatic rings. The van der Waals surface area contributed by atoms with Gasteiger partial charge in [-0.15, -0.1) is 5.10 Å². The van der Waals surface area contributed by atoms with Crippen LogP contribution in [0.5, 0.6) is 0 Å². The molecule has 0 radical (unpaired) electrons. The van der Waals surface area contributed by atoms with Crippen molar-refractivity contribution in [2.45, 2.75) is 19.4 Å². The van der Waals surface area contributed by atoms with E-state index in [0.29, 0.717) is 0 Å². The molecule has 0 atom stereocenters. The summed E-state index contributed by atoms with van der Waals surface area (Å²) in [5.41, 5.74) is 1.05. The molecule has 1 N–H and O–H groups in total. The Labute approximate surface area is 96.8 Å². The summed E-state index contributed by atoms with van der Waals surface area (Å²) in [6.07, 6.45) is 4.58. The van der Waals surface area contributed by atoms with Gasteiger partial charge in [0.05, 0.1) is 5.69 Å². The van der Waals surface area contributed by atoms with Crippen molar-refractivity contribution in [2.75, 3.05) is 26.7 Å². The average Bonchev–Trinajstić information content (AvgIpc) is 2.65. The van der Waals surface area contributed by atoms with Crippen LogP contribution in [0.2, 0.25) is 0 Å². The van der Waals surface area contributed by atoms with Crippen molar-refractivity contribution in [1.82, 2.24) is 25.2 Å². The average molecular weight is 223 g/mol. The van der Waals surface area contributed by atoms with Gasteiger partial charge < -0.3 is 10.2 Å². The molecule has 5 nitrogen and oxygen atoms in total. The first-order valence-corrected chi connectivity index (χ1v) is 5.98. The summed E-state index contributed by atoms with van der Waals surface area (Å²) in [4.78, 5) is 2.35. The van der Waals surface area contributed by atoms with Gasteiger partial charge in [0, 0.05) is 26.3 Å². The molecule has 1 aliphatic heterocycles. The van der Waals surface area contributed by atoms with E-state index in [0.717, 1.165) is 24.7 Å². The van der Waals surface area contributed by atoms with Gasteiger partial charge in [0.1, 0.15) is 0 Å². The zero-order valence-corrected chi connectivity index (χ0v) is 10.2. The first kappa shape index (κ1) is 11.5. The van der Waals surface area contributed by atoms with Crippen LogP contribution in [-0.4, -0.2) is 46.6 Å². The highest BCUT2D eigenvalue weighted by molar-refractivity contribution is 4.91. The van der Waals surface area contributed by atoms with Crippen molar-refractivity contribution < 1.29 is 0 Å². The van der Waals surface area contributed by atoms with Crippen LogP contribution >= 0.6 is 0 Å². The number of piperidine rings is 1. The lowest BCUT2D eigenvalue weighted by Crippen LogP contribution is -2.34. The lowest BCUT2D eigenvalue weighted by atomic mass is 9.98. The lowest BCUT2D eigenvalue weighted by Gasteiger charge is -2.26. The van der Waals surface area contributed by atoms with E-state index in [-0.39, 0.29) is 0 Å². The quantitative estimate of drug-likeness (QED) is 0.794. The van der Waals surface area contributed by atoms with Gasteiger partial charge in [-0.2, -0.15) is 0 Å². The smallest absolute Gasteiger partial charge is 0.0966 e. The number of nitrogens with zero attached hydrogens (tertiary/aromatic N) is 4. The van der Waals surface area contributed by atoms with Crippen LogP contribution in [-0.2, 0) is 13.6 Å². The zero-order valence-electron chi connectivity index (χ0n) is 10.2. The second kappa shape index (κ2) is 5.41. The van der Waals surface area contributed by atoms with E-state index in [1.54, 1.807) is 4.68 Å². The van der Waals surface area contributed by atoms with Crippen molar-refractivity contribution in [2.24, 2.45) is 13.0 Å². The topological polar surface area (TPSA) is 46.0 Å². The van der Waals surface area contributed by atoms with E-state index in [9.17, 15) is 0 Å². The third-order valence-corrected chi connectivity index (χ3v) is 3.11. The second-order valence-corrected chi connectivity index (χ2v) is 4.77. The second-order valence-electron chi connectivity index (χ2n) is 4.77. The summed E-state index contributed by atoms with van der Waals surface area (Å²) in [6.45, 7) is 4.41. The maximum atomic E-state index is 4.11. The predicted molar refractivity (Wildman–Crippen MR) is 62.9 cm³/mol. The molecule has 90 valence electrons. The van der Waals surface area contributed by atoms with Gasteiger partial charge in [-0.05, 0) is 38.9 Å². The summed E-state index contributed by atoms with van der Waals surface area (Å²) in [6, 6.07) is 0. The van der Waals surface area contributed by atoms with E-state index in [1.165, 1.54) is 25.9 Å². The van der Waals surface area contributed by atoms with Crippen molar-refractivity contribution in [3.63, 3.8) is 0 Å². The van der Waals surface area contributed by atoms with Crippen LogP contribution in [0.3, 0.4) is 0 Å². The van der Waals surface area contributed by atoms with Gasteiger partial charge in [-0.25, -0.2) is 0 Å². The third kappa shape index (κ3) is 3.28. The highest BCUT2D eigenvalue weighted by Crippen LogP contribution is 2.13. The van der Waals surface area contributed by atoms with Gasteiger partial charge in [-0.1, -0.05) is 5.21 Å². The molecule has 0 bridgehead atoms. The molecule has 0 amide bonds. The van der Waals surface area contributed by atoms with Gasteiger partial charge in [0.15, 0.2) is 0 Å². The fraction of sp³-hybridized carbons (Fsp3) is 0.818. The number of aromatic nitrogens is 3. The van der Waals surface area contributed by atoms with E-state index >= 15 is 0 Å². The number of nitrogens with one attached hydrogen (secondary N) is 1. The monoisotopic (exact) mass is 223 g/mol. The van der Waals surface area contributed by atoms with Crippen LogP contribution in [0.25, 0.3) is 0 Å². The van der Waals surface area contributed by atoms with Gasteiger partial charge in [-0.3, -0.25) is 4.68 Å². The maximum Gasteiger partial charge on any atom is 0.0966 e. The molecular formula is C11H21N5. The molecule has 0 aromatic carbocycles. The minimum absolute atomic E-state index is 0.836. The Hall–Kier alpha value is -0.940. The molecule has 0 saturated carbocycles. The van der Waals surface area contributed by atoms with E-state index in [2.05, 4.69) is 27.6 Å². The Kier molecular flexibility index (Phi) is 3.90.